The number of rotatable bonds is 10. The number of fused-ring (bicyclic) bond motifs is 1. The molecule has 12 atom stereocenters. The Morgan fingerprint density at radius 3 is 2.24 bits per heavy atom. The van der Waals surface area contributed by atoms with E-state index in [0.29, 0.717) is 0 Å². The van der Waals surface area contributed by atoms with Crippen LogP contribution in [-0.4, -0.2) is 166 Å². The molecule has 4 aliphatic heterocycles. The second-order valence-corrected chi connectivity index (χ2v) is 12.0. The van der Waals surface area contributed by atoms with Crippen LogP contribution >= 0.6 is 0 Å². The highest BCUT2D eigenvalue weighted by Gasteiger charge is 2.53. The molecular formula is C30H34N2O19. The van der Waals surface area contributed by atoms with Crippen LogP contribution in [0.4, 0.5) is 5.69 Å². The summed E-state index contributed by atoms with van der Waals surface area (Å²) in [5.74, 6) is -7.10. The summed E-state index contributed by atoms with van der Waals surface area (Å²) in [6, 6.07) is -0.387. The number of aliphatic hydroxyl groups is 6. The van der Waals surface area contributed by atoms with Gasteiger partial charge in [0.15, 0.2) is 36.2 Å². The van der Waals surface area contributed by atoms with E-state index in [2.05, 4.69) is 5.32 Å². The fraction of sp³-hybridized carbons (Fsp3) is 0.500. The van der Waals surface area contributed by atoms with Gasteiger partial charge in [0, 0.05) is 24.5 Å². The zero-order valence-corrected chi connectivity index (χ0v) is 26.0. The van der Waals surface area contributed by atoms with E-state index in [1.807, 2.05) is 0 Å². The Hall–Kier alpha value is -4.71. The van der Waals surface area contributed by atoms with Crippen molar-refractivity contribution in [3.8, 4) is 11.5 Å². The Labute approximate surface area is 285 Å². The molecule has 21 heteroatoms. The first-order valence-electron chi connectivity index (χ1n) is 15.2. The summed E-state index contributed by atoms with van der Waals surface area (Å²) < 4.78 is 23.1. The van der Waals surface area contributed by atoms with Gasteiger partial charge in [-0.05, 0) is 17.7 Å². The molecule has 1 unspecified atom stereocenters. The SMILES string of the molecule is O=C(O)C1=C/C(=C/C=[N+]2c3cc(O)c(O[C@@H]4O[C@H](CO)[C@@H](O)[C@H](O)[C@H]4O[C@@H]4O[C@H](C(=O)O)[C@@H](O)[C@H](O)[C@H]4O)cc3C[C@H]2C(=O)[O-])CC(C(=O)O)N1. The Morgan fingerprint density at radius 2 is 1.63 bits per heavy atom. The molecule has 5 rings (SSSR count). The van der Waals surface area contributed by atoms with E-state index in [1.54, 1.807) is 0 Å². The van der Waals surface area contributed by atoms with Gasteiger partial charge in [-0.15, -0.1) is 0 Å². The molecule has 21 nitrogen and oxygen atoms in total. The van der Waals surface area contributed by atoms with Gasteiger partial charge in [-0.25, -0.2) is 14.4 Å². The lowest BCUT2D eigenvalue weighted by Gasteiger charge is -2.45. The van der Waals surface area contributed by atoms with E-state index in [0.717, 1.165) is 6.07 Å². The maximum Gasteiger partial charge on any atom is 0.351 e. The number of nitrogens with zero attached hydrogens (tertiary/aromatic N) is 1. The largest absolute Gasteiger partial charge is 0.543 e. The highest BCUT2D eigenvalue weighted by Crippen LogP contribution is 2.41. The smallest absolute Gasteiger partial charge is 0.351 e. The van der Waals surface area contributed by atoms with E-state index >= 15 is 0 Å². The predicted octanol–water partition coefficient (Wildman–Crippen LogP) is -5.78. The zero-order chi connectivity index (χ0) is 37.5. The second kappa shape index (κ2) is 14.9. The Balaban J connectivity index is 1.46. The minimum atomic E-state index is -2.10. The summed E-state index contributed by atoms with van der Waals surface area (Å²) in [7, 11) is 0. The first kappa shape index (κ1) is 37.5. The average molecular weight is 727 g/mol. The second-order valence-electron chi connectivity index (χ2n) is 12.0. The standard InChI is InChI=1S/C30H34N2O19/c33-8-17-18(35)20(37)24(51-29-22(39)19(36)21(38)23(50-29)28(46)47)30(49-17)48-16-6-10-5-14(27(44)45)32(13(10)7-15(16)34)2-1-9-3-11(25(40)41)31-12(4-9)26(42)43/h1-3,6-7,12,14,17-24,29-30,33,35-39H,4-5,8H2,(H5,34,40,41,42,43,44,45,46,47)/t12?,14-,17+,18+,19-,20-,21-,22+,23-,24+,29-,30+/m0/s1. The maximum atomic E-state index is 12.1. The summed E-state index contributed by atoms with van der Waals surface area (Å²) in [6.07, 6.45) is -16.2. The maximum absolute atomic E-state index is 12.1. The molecule has 0 aliphatic carbocycles. The lowest BCUT2D eigenvalue weighted by atomic mass is 9.97. The molecule has 0 radical (unpaired) electrons. The van der Waals surface area contributed by atoms with Crippen molar-refractivity contribution in [2.45, 2.75) is 86.3 Å². The lowest BCUT2D eigenvalue weighted by molar-refractivity contribution is -0.475. The summed E-state index contributed by atoms with van der Waals surface area (Å²) in [6.45, 7) is -0.866. The number of phenols is 1. The van der Waals surface area contributed by atoms with E-state index in [4.69, 9.17) is 18.9 Å². The number of carboxylic acids is 4. The molecule has 0 amide bonds. The van der Waals surface area contributed by atoms with Crippen molar-refractivity contribution in [2.24, 2.45) is 0 Å². The number of nitrogens with one attached hydrogen (secondary N) is 1. The minimum Gasteiger partial charge on any atom is -0.543 e. The molecule has 278 valence electrons. The Morgan fingerprint density at radius 1 is 0.922 bits per heavy atom. The van der Waals surface area contributed by atoms with Crippen LogP contribution in [0.15, 0.2) is 35.6 Å². The van der Waals surface area contributed by atoms with Gasteiger partial charge in [-0.3, -0.25) is 0 Å². The number of phenolic OH excluding ortho intramolecular Hbond substituents is 1. The lowest BCUT2D eigenvalue weighted by Crippen LogP contribution is -2.65. The number of allylic oxidation sites excluding steroid dienone is 2. The van der Waals surface area contributed by atoms with Gasteiger partial charge >= 0.3 is 17.9 Å². The number of carbonyl (C=O) groups excluding carboxylic acids is 1. The number of benzene rings is 1. The molecule has 4 aliphatic rings. The van der Waals surface area contributed by atoms with Crippen LogP contribution in [0.3, 0.4) is 0 Å². The van der Waals surface area contributed by atoms with Crippen molar-refractivity contribution >= 4 is 35.8 Å². The topological polar surface area (TPSA) is 346 Å². The van der Waals surface area contributed by atoms with E-state index < -0.39 is 121 Å². The van der Waals surface area contributed by atoms with Crippen molar-refractivity contribution in [2.75, 3.05) is 6.61 Å². The number of hydrogen-bond donors (Lipinski definition) is 11. The Bertz CT molecular complexity index is 1660. The third-order valence-electron chi connectivity index (χ3n) is 8.71. The van der Waals surface area contributed by atoms with Crippen LogP contribution in [0.2, 0.25) is 0 Å². The van der Waals surface area contributed by atoms with Gasteiger partial charge in [-0.2, -0.15) is 4.58 Å². The predicted molar refractivity (Wildman–Crippen MR) is 157 cm³/mol. The van der Waals surface area contributed by atoms with Crippen LogP contribution in [0.1, 0.15) is 12.0 Å². The summed E-state index contributed by atoms with van der Waals surface area (Å²) in [5.41, 5.74) is 0.169. The highest BCUT2D eigenvalue weighted by atomic mass is 16.8. The van der Waals surface area contributed by atoms with Crippen LogP contribution in [-0.2, 0) is 39.8 Å². The van der Waals surface area contributed by atoms with Crippen molar-refractivity contribution in [3.05, 3.63) is 41.1 Å². The van der Waals surface area contributed by atoms with Gasteiger partial charge in [0.25, 0.3) is 0 Å². The fourth-order valence-corrected chi connectivity index (χ4v) is 6.02. The minimum absolute atomic E-state index is 0.115. The molecule has 1 aromatic rings. The summed E-state index contributed by atoms with van der Waals surface area (Å²) in [5, 5.41) is 115. The van der Waals surface area contributed by atoms with E-state index in [1.165, 1.54) is 29.0 Å². The molecule has 1 aromatic carbocycles. The average Bonchev–Trinajstić information content (AvgIpc) is 3.43. The third-order valence-corrected chi connectivity index (χ3v) is 8.71. The van der Waals surface area contributed by atoms with Crippen molar-refractivity contribution in [1.82, 2.24) is 5.32 Å². The van der Waals surface area contributed by atoms with Crippen LogP contribution in [0.5, 0.6) is 11.5 Å². The number of ether oxygens (including phenoxy) is 4. The molecule has 0 aromatic heterocycles. The Kier molecular flexibility index (Phi) is 10.9. The fourth-order valence-electron chi connectivity index (χ4n) is 6.02. The third kappa shape index (κ3) is 7.51. The summed E-state index contributed by atoms with van der Waals surface area (Å²) in [4.78, 5) is 46.7. The number of aliphatic carboxylic acids is 4. The first-order chi connectivity index (χ1) is 24.0. The normalized spacial score (nSPS) is 36.5. The molecular weight excluding hydrogens is 692 g/mol. The van der Waals surface area contributed by atoms with Gasteiger partial charge < -0.3 is 85.2 Å². The first-order valence-corrected chi connectivity index (χ1v) is 15.2. The number of aromatic hydroxyl groups is 1. The molecule has 11 N–H and O–H groups in total. The molecule has 2 fully saturated rings. The van der Waals surface area contributed by atoms with E-state index in [-0.39, 0.29) is 29.7 Å². The molecule has 51 heavy (non-hydrogen) atoms. The molecule has 2 saturated heterocycles. The van der Waals surface area contributed by atoms with Crippen LogP contribution in [0.25, 0.3) is 0 Å². The van der Waals surface area contributed by atoms with Gasteiger partial charge in [0.2, 0.25) is 18.0 Å². The highest BCUT2D eigenvalue weighted by molar-refractivity contribution is 5.89. The van der Waals surface area contributed by atoms with Gasteiger partial charge in [0.05, 0.1) is 12.7 Å². The van der Waals surface area contributed by atoms with Gasteiger partial charge in [-0.1, -0.05) is 0 Å². The number of carboxylic acid groups (broad SMARTS) is 4. The van der Waals surface area contributed by atoms with Crippen LogP contribution in [0, 0.1) is 0 Å². The van der Waals surface area contributed by atoms with Gasteiger partial charge in [0.1, 0.15) is 54.3 Å². The molecule has 0 spiro atoms. The van der Waals surface area contributed by atoms with Crippen LogP contribution < -0.4 is 15.2 Å². The van der Waals surface area contributed by atoms with E-state index in [9.17, 15) is 75.3 Å². The summed E-state index contributed by atoms with van der Waals surface area (Å²) >= 11 is 0. The molecule has 0 bridgehead atoms. The number of hydrogen-bond acceptors (Lipinski definition) is 17. The molecule has 0 saturated carbocycles. The van der Waals surface area contributed by atoms with Crippen molar-refractivity contribution < 1.29 is 98.9 Å². The van der Waals surface area contributed by atoms with Crippen molar-refractivity contribution in [1.29, 1.82) is 0 Å². The zero-order valence-electron chi connectivity index (χ0n) is 26.0. The molecule has 4 heterocycles. The monoisotopic (exact) mass is 726 g/mol. The van der Waals surface area contributed by atoms with Crippen molar-refractivity contribution in [3.63, 3.8) is 0 Å². The number of carbonyl (C=O) groups is 4. The quantitative estimate of drug-likeness (QED) is 0.100. The number of aliphatic hydroxyl groups excluding tert-OH is 6.